The van der Waals surface area contributed by atoms with Gasteiger partial charge in [-0.05, 0) is 48.0 Å². The van der Waals surface area contributed by atoms with Crippen LogP contribution in [0.3, 0.4) is 0 Å². The highest BCUT2D eigenvalue weighted by atomic mass is 16.6. The summed E-state index contributed by atoms with van der Waals surface area (Å²) in [5.41, 5.74) is 1.78. The van der Waals surface area contributed by atoms with Crippen molar-refractivity contribution in [2.75, 3.05) is 21.3 Å². The van der Waals surface area contributed by atoms with Crippen LogP contribution in [0.1, 0.15) is 21.5 Å². The Morgan fingerprint density at radius 1 is 0.941 bits per heavy atom. The number of nitro benzene ring substituents is 1. The fraction of sp³-hybridized carbons (Fsp3) is 0.160. The highest BCUT2D eigenvalue weighted by molar-refractivity contribution is 6.14. The number of nitro groups is 1. The van der Waals surface area contributed by atoms with E-state index in [4.69, 9.17) is 23.7 Å². The second-order valence-corrected chi connectivity index (χ2v) is 7.23. The van der Waals surface area contributed by atoms with Gasteiger partial charge < -0.3 is 23.7 Å². The average molecular weight is 463 g/mol. The van der Waals surface area contributed by atoms with Crippen LogP contribution in [0.2, 0.25) is 0 Å². The molecule has 0 aliphatic carbocycles. The minimum Gasteiger partial charge on any atom is -0.493 e. The predicted molar refractivity (Wildman–Crippen MR) is 123 cm³/mol. The number of nitrogens with zero attached hydrogens (tertiary/aromatic N) is 1. The van der Waals surface area contributed by atoms with Gasteiger partial charge in [0.15, 0.2) is 17.3 Å². The van der Waals surface area contributed by atoms with E-state index >= 15 is 0 Å². The molecule has 0 unspecified atom stereocenters. The van der Waals surface area contributed by atoms with E-state index < -0.39 is 4.92 Å². The number of fused-ring (bicyclic) bond motifs is 1. The molecule has 0 bridgehead atoms. The van der Waals surface area contributed by atoms with Crippen LogP contribution in [-0.2, 0) is 6.61 Å². The predicted octanol–water partition coefficient (Wildman–Crippen LogP) is 4.82. The monoisotopic (exact) mass is 463 g/mol. The lowest BCUT2D eigenvalue weighted by Gasteiger charge is -2.14. The minimum absolute atomic E-state index is 0.0126. The number of carbonyl (C=O) groups is 1. The van der Waals surface area contributed by atoms with Gasteiger partial charge in [0.2, 0.25) is 11.5 Å². The van der Waals surface area contributed by atoms with E-state index in [0.29, 0.717) is 39.9 Å². The van der Waals surface area contributed by atoms with Crippen LogP contribution in [0.15, 0.2) is 60.4 Å². The number of rotatable bonds is 8. The van der Waals surface area contributed by atoms with Crippen LogP contribution in [-0.4, -0.2) is 32.0 Å². The second kappa shape index (κ2) is 9.53. The molecule has 0 amide bonds. The number of non-ortho nitro benzene ring substituents is 1. The molecule has 34 heavy (non-hydrogen) atoms. The highest BCUT2D eigenvalue weighted by Crippen LogP contribution is 2.42. The third-order valence-corrected chi connectivity index (χ3v) is 5.22. The fourth-order valence-electron chi connectivity index (χ4n) is 3.52. The number of ketones is 1. The van der Waals surface area contributed by atoms with Crippen LogP contribution in [0.5, 0.6) is 28.7 Å². The maximum absolute atomic E-state index is 12.9. The van der Waals surface area contributed by atoms with Gasteiger partial charge in [-0.1, -0.05) is 0 Å². The summed E-state index contributed by atoms with van der Waals surface area (Å²) in [5.74, 6) is 2.05. The molecule has 0 N–H and O–H groups in total. The van der Waals surface area contributed by atoms with Crippen molar-refractivity contribution >= 4 is 17.5 Å². The van der Waals surface area contributed by atoms with Crippen molar-refractivity contribution in [3.8, 4) is 28.7 Å². The van der Waals surface area contributed by atoms with Gasteiger partial charge in [-0.15, -0.1) is 0 Å². The second-order valence-electron chi connectivity index (χ2n) is 7.23. The van der Waals surface area contributed by atoms with Gasteiger partial charge in [-0.2, -0.15) is 0 Å². The molecule has 9 heteroatoms. The molecule has 0 atom stereocenters. The lowest BCUT2D eigenvalue weighted by Crippen LogP contribution is -2.00. The number of Topliss-reactive ketones (excluding diaryl/α,β-unsaturated/α-hetero) is 1. The SMILES string of the molecule is COc1ccc(/C=C2\Oc3cc(OCc4ccc([N+](=O)[O-])cc4)ccc3C2=O)c(OC)c1OC. The molecule has 1 aliphatic rings. The number of benzene rings is 3. The van der Waals surface area contributed by atoms with Crippen molar-refractivity contribution in [1.82, 2.24) is 0 Å². The van der Waals surface area contributed by atoms with Crippen LogP contribution in [0, 0.1) is 10.1 Å². The third kappa shape index (κ3) is 4.36. The van der Waals surface area contributed by atoms with Crippen LogP contribution in [0.25, 0.3) is 6.08 Å². The molecule has 0 radical (unpaired) electrons. The van der Waals surface area contributed by atoms with Gasteiger partial charge in [-0.25, -0.2) is 0 Å². The van der Waals surface area contributed by atoms with Crippen molar-refractivity contribution in [1.29, 1.82) is 0 Å². The van der Waals surface area contributed by atoms with E-state index in [9.17, 15) is 14.9 Å². The summed E-state index contributed by atoms with van der Waals surface area (Å²) < 4.78 is 27.7. The Bertz CT molecular complexity index is 1280. The largest absolute Gasteiger partial charge is 0.493 e. The van der Waals surface area contributed by atoms with Gasteiger partial charge in [0, 0.05) is 23.8 Å². The lowest BCUT2D eigenvalue weighted by atomic mass is 10.1. The van der Waals surface area contributed by atoms with Gasteiger partial charge in [0.1, 0.15) is 18.1 Å². The zero-order valence-electron chi connectivity index (χ0n) is 18.7. The molecule has 3 aromatic carbocycles. The molecule has 4 rings (SSSR count). The van der Waals surface area contributed by atoms with Crippen molar-refractivity contribution in [3.05, 3.63) is 87.2 Å². The third-order valence-electron chi connectivity index (χ3n) is 5.22. The summed E-state index contributed by atoms with van der Waals surface area (Å²) in [5, 5.41) is 10.8. The Kier molecular flexibility index (Phi) is 6.35. The molecule has 174 valence electrons. The Hall–Kier alpha value is -4.53. The first-order chi connectivity index (χ1) is 16.4. The number of methoxy groups -OCH3 is 3. The van der Waals surface area contributed by atoms with Crippen molar-refractivity contribution in [2.24, 2.45) is 0 Å². The maximum atomic E-state index is 12.9. The van der Waals surface area contributed by atoms with Crippen molar-refractivity contribution in [3.63, 3.8) is 0 Å². The number of hydrogen-bond donors (Lipinski definition) is 0. The molecule has 1 aliphatic heterocycles. The molecular formula is C25H21NO8. The summed E-state index contributed by atoms with van der Waals surface area (Å²) in [6.45, 7) is 0.205. The summed E-state index contributed by atoms with van der Waals surface area (Å²) in [4.78, 5) is 23.2. The molecule has 0 spiro atoms. The Labute approximate surface area is 195 Å². The zero-order chi connectivity index (χ0) is 24.2. The van der Waals surface area contributed by atoms with E-state index in [1.54, 1.807) is 48.5 Å². The molecule has 1 heterocycles. The van der Waals surface area contributed by atoms with E-state index in [1.165, 1.54) is 33.5 Å². The van der Waals surface area contributed by atoms with Gasteiger partial charge in [-0.3, -0.25) is 14.9 Å². The summed E-state index contributed by atoms with van der Waals surface area (Å²) in [7, 11) is 4.53. The Balaban J connectivity index is 1.53. The van der Waals surface area contributed by atoms with Crippen molar-refractivity contribution < 1.29 is 33.4 Å². The smallest absolute Gasteiger partial charge is 0.269 e. The molecule has 0 saturated heterocycles. The molecular weight excluding hydrogens is 442 g/mol. The summed E-state index contributed by atoms with van der Waals surface area (Å²) in [6.07, 6.45) is 1.58. The number of allylic oxidation sites excluding steroid dienone is 1. The minimum atomic E-state index is -0.456. The first-order valence-corrected chi connectivity index (χ1v) is 10.2. The zero-order valence-corrected chi connectivity index (χ0v) is 18.7. The van der Waals surface area contributed by atoms with Crippen LogP contribution < -0.4 is 23.7 Å². The Morgan fingerprint density at radius 3 is 2.32 bits per heavy atom. The lowest BCUT2D eigenvalue weighted by molar-refractivity contribution is -0.384. The van der Waals surface area contributed by atoms with E-state index in [2.05, 4.69) is 0 Å². The quantitative estimate of drug-likeness (QED) is 0.266. The molecule has 0 aromatic heterocycles. The number of hydrogen-bond acceptors (Lipinski definition) is 8. The fourth-order valence-corrected chi connectivity index (χ4v) is 3.52. The van der Waals surface area contributed by atoms with Crippen molar-refractivity contribution in [2.45, 2.75) is 6.61 Å². The molecule has 9 nitrogen and oxygen atoms in total. The maximum Gasteiger partial charge on any atom is 0.269 e. The van der Waals surface area contributed by atoms with E-state index in [0.717, 1.165) is 5.56 Å². The van der Waals surface area contributed by atoms with E-state index in [1.807, 2.05) is 0 Å². The van der Waals surface area contributed by atoms with Crippen LogP contribution >= 0.6 is 0 Å². The standard InChI is InChI=1S/C25H21NO8/c1-30-20-11-6-16(24(31-2)25(20)32-3)12-22-23(27)19-10-9-18(13-21(19)34-22)33-14-15-4-7-17(8-5-15)26(28)29/h4-13H,14H2,1-3H3/b22-12-. The Morgan fingerprint density at radius 2 is 1.68 bits per heavy atom. The molecule has 0 fully saturated rings. The topological polar surface area (TPSA) is 106 Å². The normalized spacial score (nSPS) is 13.3. The highest BCUT2D eigenvalue weighted by Gasteiger charge is 2.28. The number of ether oxygens (including phenoxy) is 5. The van der Waals surface area contributed by atoms with Crippen LogP contribution in [0.4, 0.5) is 5.69 Å². The molecule has 0 saturated carbocycles. The van der Waals surface area contributed by atoms with E-state index in [-0.39, 0.29) is 23.8 Å². The summed E-state index contributed by atoms with van der Waals surface area (Å²) >= 11 is 0. The summed E-state index contributed by atoms with van der Waals surface area (Å²) in [6, 6.07) is 14.5. The molecule has 3 aromatic rings. The first kappa shape index (κ1) is 22.7. The average Bonchev–Trinajstić information content (AvgIpc) is 3.16. The number of carbonyl (C=O) groups excluding carboxylic acids is 1. The first-order valence-electron chi connectivity index (χ1n) is 10.2. The van der Waals surface area contributed by atoms with Gasteiger partial charge >= 0.3 is 0 Å². The van der Waals surface area contributed by atoms with Gasteiger partial charge in [0.25, 0.3) is 5.69 Å². The van der Waals surface area contributed by atoms with Gasteiger partial charge in [0.05, 0.1) is 31.8 Å².